The quantitative estimate of drug-likeness (QED) is 0.615. The summed E-state index contributed by atoms with van der Waals surface area (Å²) in [7, 11) is -3.69. The van der Waals surface area contributed by atoms with E-state index in [1.54, 1.807) is 6.92 Å². The van der Waals surface area contributed by atoms with Crippen molar-refractivity contribution in [1.82, 2.24) is 4.53 Å². The molecule has 1 saturated heterocycles. The van der Waals surface area contributed by atoms with Crippen LogP contribution in [0.5, 0.6) is 0 Å². The number of fused-ring (bicyclic) bond motifs is 1. The van der Waals surface area contributed by atoms with Crippen LogP contribution in [-0.4, -0.2) is 24.2 Å². The van der Waals surface area contributed by atoms with Crippen LogP contribution in [0.2, 0.25) is 0 Å². The summed E-state index contributed by atoms with van der Waals surface area (Å²) in [6.07, 6.45) is 2.57. The molecule has 0 N–H and O–H groups in total. The first-order valence-electron chi connectivity index (χ1n) is 5.86. The molecule has 1 aliphatic heterocycles. The van der Waals surface area contributed by atoms with Gasteiger partial charge in [-0.25, -0.2) is 8.42 Å². The van der Waals surface area contributed by atoms with Crippen LogP contribution in [0.25, 0.3) is 0 Å². The minimum absolute atomic E-state index is 0.00347. The second-order valence-electron chi connectivity index (χ2n) is 6.49. The average Bonchev–Trinajstić information content (AvgIpc) is 2.55. The first-order valence-corrected chi connectivity index (χ1v) is 7.47. The molecule has 0 aromatic carbocycles. The van der Waals surface area contributed by atoms with Crippen LogP contribution < -0.4 is 0 Å². The van der Waals surface area contributed by atoms with Gasteiger partial charge in [-0.3, -0.25) is 0 Å². The standard InChI is InChI=1S/C11H18FNO2S/c1-9(2)8-4-5-11(9)7-16(14,15)13(12)10(11,3)6-8/h8H,4-7H2,1-3H3/t8-,10-,11+/m1/s1. The largest absolute Gasteiger partial charge is 0.241 e. The topological polar surface area (TPSA) is 37.4 Å². The normalized spacial score (nSPS) is 53.1. The van der Waals surface area contributed by atoms with Crippen molar-refractivity contribution in [3.05, 3.63) is 0 Å². The Bertz CT molecular complexity index is 461. The van der Waals surface area contributed by atoms with Crippen molar-refractivity contribution in [1.29, 1.82) is 0 Å². The van der Waals surface area contributed by atoms with E-state index in [1.807, 2.05) is 0 Å². The minimum atomic E-state index is -3.69. The maximum atomic E-state index is 14.1. The van der Waals surface area contributed by atoms with E-state index in [4.69, 9.17) is 0 Å². The van der Waals surface area contributed by atoms with Crippen molar-refractivity contribution in [2.45, 2.75) is 45.6 Å². The highest BCUT2D eigenvalue weighted by molar-refractivity contribution is 7.89. The Labute approximate surface area is 96.0 Å². The van der Waals surface area contributed by atoms with E-state index in [2.05, 4.69) is 13.8 Å². The summed E-state index contributed by atoms with van der Waals surface area (Å²) < 4.78 is 37.9. The highest BCUT2D eigenvalue weighted by Gasteiger charge is 2.77. The van der Waals surface area contributed by atoms with E-state index in [0.29, 0.717) is 12.3 Å². The fourth-order valence-corrected chi connectivity index (χ4v) is 7.25. The Morgan fingerprint density at radius 2 is 1.94 bits per heavy atom. The first-order chi connectivity index (χ1) is 7.17. The second kappa shape index (κ2) is 2.48. The average molecular weight is 247 g/mol. The van der Waals surface area contributed by atoms with Crippen molar-refractivity contribution in [2.24, 2.45) is 16.7 Å². The van der Waals surface area contributed by atoms with Gasteiger partial charge < -0.3 is 0 Å². The lowest BCUT2D eigenvalue weighted by atomic mass is 9.64. The van der Waals surface area contributed by atoms with E-state index in [0.717, 1.165) is 12.8 Å². The molecule has 3 rings (SSSR count). The number of hydrogen-bond donors (Lipinski definition) is 0. The Hall–Kier alpha value is -0.160. The summed E-state index contributed by atoms with van der Waals surface area (Å²) in [5.41, 5.74) is -1.23. The van der Waals surface area contributed by atoms with E-state index in [-0.39, 0.29) is 21.1 Å². The van der Waals surface area contributed by atoms with Gasteiger partial charge in [0.2, 0.25) is 10.0 Å². The van der Waals surface area contributed by atoms with Crippen molar-refractivity contribution in [3.63, 3.8) is 0 Å². The van der Waals surface area contributed by atoms with Crippen LogP contribution in [0.4, 0.5) is 4.48 Å². The number of rotatable bonds is 0. The molecule has 0 radical (unpaired) electrons. The molecule has 2 aliphatic carbocycles. The molecule has 0 amide bonds. The lowest BCUT2D eigenvalue weighted by Gasteiger charge is -2.42. The first kappa shape index (κ1) is 11.0. The fourth-order valence-electron chi connectivity index (χ4n) is 4.82. The fraction of sp³-hybridized carbons (Fsp3) is 1.00. The van der Waals surface area contributed by atoms with Crippen molar-refractivity contribution in [2.75, 3.05) is 5.75 Å². The SMILES string of the molecule is CC1(C)[C@@H]2CC[C@]13CS(=O)(=O)N(F)[C@]3(C)C2. The molecule has 5 heteroatoms. The lowest BCUT2D eigenvalue weighted by molar-refractivity contribution is -0.0480. The van der Waals surface area contributed by atoms with Gasteiger partial charge in [-0.15, -0.1) is 4.48 Å². The number of nitrogens with zero attached hydrogens (tertiary/aromatic N) is 1. The van der Waals surface area contributed by atoms with Gasteiger partial charge in [-0.1, -0.05) is 13.8 Å². The third kappa shape index (κ3) is 0.817. The summed E-state index contributed by atoms with van der Waals surface area (Å²) in [5, 5.41) is 0. The summed E-state index contributed by atoms with van der Waals surface area (Å²) in [6, 6.07) is 0. The predicted molar refractivity (Wildman–Crippen MR) is 58.7 cm³/mol. The minimum Gasteiger partial charge on any atom is -0.210 e. The van der Waals surface area contributed by atoms with Crippen LogP contribution in [0, 0.1) is 16.7 Å². The molecule has 1 spiro atoms. The van der Waals surface area contributed by atoms with Gasteiger partial charge in [-0.05, 0) is 42.0 Å². The van der Waals surface area contributed by atoms with Gasteiger partial charge in [0, 0.05) is 5.41 Å². The second-order valence-corrected chi connectivity index (χ2v) is 8.26. The highest BCUT2D eigenvalue weighted by Crippen LogP contribution is 2.74. The summed E-state index contributed by atoms with van der Waals surface area (Å²) in [6.45, 7) is 6.02. The molecule has 92 valence electrons. The highest BCUT2D eigenvalue weighted by atomic mass is 32.2. The zero-order valence-corrected chi connectivity index (χ0v) is 10.8. The molecule has 1 heterocycles. The number of sulfonamides is 1. The third-order valence-electron chi connectivity index (χ3n) is 5.91. The van der Waals surface area contributed by atoms with Gasteiger partial charge in [-0.2, -0.15) is 0 Å². The monoisotopic (exact) mass is 247 g/mol. The number of halogens is 1. The molecule has 0 aromatic heterocycles. The Kier molecular flexibility index (Phi) is 1.70. The maximum Gasteiger partial charge on any atom is 0.241 e. The van der Waals surface area contributed by atoms with E-state index >= 15 is 0 Å². The Morgan fingerprint density at radius 1 is 1.31 bits per heavy atom. The molecular weight excluding hydrogens is 229 g/mol. The Morgan fingerprint density at radius 3 is 2.44 bits per heavy atom. The molecule has 0 aromatic rings. The Balaban J connectivity index is 2.24. The van der Waals surface area contributed by atoms with E-state index in [1.165, 1.54) is 0 Å². The zero-order valence-electron chi connectivity index (χ0n) is 9.96. The van der Waals surface area contributed by atoms with E-state index in [9.17, 15) is 12.9 Å². The van der Waals surface area contributed by atoms with Crippen LogP contribution >= 0.6 is 0 Å². The maximum absolute atomic E-state index is 14.1. The number of hydrogen-bond acceptors (Lipinski definition) is 2. The van der Waals surface area contributed by atoms with Crippen molar-refractivity contribution < 1.29 is 12.9 Å². The molecule has 2 saturated carbocycles. The molecule has 3 atom stereocenters. The summed E-state index contributed by atoms with van der Waals surface area (Å²) in [4.78, 5) is 0. The molecule has 2 bridgehead atoms. The molecule has 3 aliphatic rings. The van der Waals surface area contributed by atoms with Gasteiger partial charge in [0.1, 0.15) is 0 Å². The predicted octanol–water partition coefficient (Wildman–Crippen LogP) is 2.10. The van der Waals surface area contributed by atoms with Crippen LogP contribution in [-0.2, 0) is 10.0 Å². The molecule has 3 fully saturated rings. The third-order valence-corrected chi connectivity index (χ3v) is 7.66. The molecule has 3 nitrogen and oxygen atoms in total. The zero-order chi connectivity index (χ0) is 12.0. The van der Waals surface area contributed by atoms with Crippen LogP contribution in [0.1, 0.15) is 40.0 Å². The van der Waals surface area contributed by atoms with E-state index < -0.39 is 15.6 Å². The lowest BCUT2D eigenvalue weighted by Crippen LogP contribution is -2.49. The van der Waals surface area contributed by atoms with Crippen LogP contribution in [0.3, 0.4) is 0 Å². The molecule has 16 heavy (non-hydrogen) atoms. The summed E-state index contributed by atoms with van der Waals surface area (Å²) in [5.74, 6) is 0.461. The van der Waals surface area contributed by atoms with Crippen molar-refractivity contribution in [3.8, 4) is 0 Å². The van der Waals surface area contributed by atoms with Gasteiger partial charge in [0.15, 0.2) is 0 Å². The van der Waals surface area contributed by atoms with Gasteiger partial charge in [0.25, 0.3) is 0 Å². The van der Waals surface area contributed by atoms with Crippen LogP contribution in [0.15, 0.2) is 0 Å². The molecular formula is C11H18FNO2S. The summed E-state index contributed by atoms with van der Waals surface area (Å²) >= 11 is 0. The molecule has 0 unspecified atom stereocenters. The van der Waals surface area contributed by atoms with Crippen molar-refractivity contribution >= 4 is 10.0 Å². The van der Waals surface area contributed by atoms with Gasteiger partial charge in [0.05, 0.1) is 11.3 Å². The smallest absolute Gasteiger partial charge is 0.210 e. The van der Waals surface area contributed by atoms with Gasteiger partial charge >= 0.3 is 0 Å².